The van der Waals surface area contributed by atoms with Crippen LogP contribution in [0.1, 0.15) is 213 Å². The molecule has 0 aliphatic rings. The number of carbonyl (C=O) groups is 2. The SMILES string of the molecule is CCCCCCCCCCCCC(CC(CCCCCCCCCC)C(=O)O)C(CCCCCCCCCC)C(=O)O. The summed E-state index contributed by atoms with van der Waals surface area (Å²) in [6, 6.07) is 0. The highest BCUT2D eigenvalue weighted by Gasteiger charge is 2.31. The van der Waals surface area contributed by atoms with E-state index in [0.29, 0.717) is 19.3 Å². The van der Waals surface area contributed by atoms with Crippen molar-refractivity contribution >= 4 is 11.9 Å². The van der Waals surface area contributed by atoms with E-state index in [1.165, 1.54) is 128 Å². The van der Waals surface area contributed by atoms with Crippen molar-refractivity contribution in [3.8, 4) is 0 Å². The highest BCUT2D eigenvalue weighted by atomic mass is 16.4. The zero-order chi connectivity index (χ0) is 31.1. The third-order valence-corrected chi connectivity index (χ3v) is 9.53. The van der Waals surface area contributed by atoms with Crippen LogP contribution in [0.2, 0.25) is 0 Å². The van der Waals surface area contributed by atoms with E-state index in [1.807, 2.05) is 0 Å². The second-order valence-corrected chi connectivity index (χ2v) is 13.5. The molecule has 0 radical (unpaired) electrons. The van der Waals surface area contributed by atoms with Gasteiger partial charge in [0.05, 0.1) is 11.8 Å². The van der Waals surface area contributed by atoms with Gasteiger partial charge in [-0.2, -0.15) is 0 Å². The minimum absolute atomic E-state index is 0.0174. The standard InChI is InChI=1S/C38H74O4/c1-4-7-10-13-16-19-20-22-24-27-30-34(36(38(41)42)32-29-26-23-18-15-12-9-6-3)33-35(37(39)40)31-28-25-21-17-14-11-8-5-2/h34-36H,4-33H2,1-3H3,(H,39,40)(H,41,42). The molecule has 4 nitrogen and oxygen atoms in total. The van der Waals surface area contributed by atoms with Crippen LogP contribution in [0.5, 0.6) is 0 Å². The quantitative estimate of drug-likeness (QED) is 0.0727. The Kier molecular flexibility index (Phi) is 30.6. The molecule has 0 saturated carbocycles. The Morgan fingerprint density at radius 2 is 0.714 bits per heavy atom. The summed E-state index contributed by atoms with van der Waals surface area (Å²) in [5.74, 6) is -2.24. The lowest BCUT2D eigenvalue weighted by Crippen LogP contribution is -2.28. The summed E-state index contributed by atoms with van der Waals surface area (Å²) in [6.07, 6.45) is 34.8. The van der Waals surface area contributed by atoms with Crippen molar-refractivity contribution in [2.75, 3.05) is 0 Å². The third kappa shape index (κ3) is 25.4. The van der Waals surface area contributed by atoms with Crippen molar-refractivity contribution in [2.45, 2.75) is 213 Å². The van der Waals surface area contributed by atoms with E-state index in [0.717, 1.165) is 44.9 Å². The average Bonchev–Trinajstić information content (AvgIpc) is 2.97. The van der Waals surface area contributed by atoms with Gasteiger partial charge in [-0.1, -0.05) is 188 Å². The number of carboxylic acid groups (broad SMARTS) is 2. The molecule has 0 rings (SSSR count). The molecule has 0 aromatic heterocycles. The van der Waals surface area contributed by atoms with Gasteiger partial charge < -0.3 is 10.2 Å². The van der Waals surface area contributed by atoms with Crippen LogP contribution in [0.15, 0.2) is 0 Å². The Morgan fingerprint density at radius 3 is 1.05 bits per heavy atom. The van der Waals surface area contributed by atoms with Gasteiger partial charge >= 0.3 is 11.9 Å². The molecule has 0 bridgehead atoms. The van der Waals surface area contributed by atoms with E-state index >= 15 is 0 Å². The minimum Gasteiger partial charge on any atom is -0.481 e. The van der Waals surface area contributed by atoms with Crippen molar-refractivity contribution in [1.29, 1.82) is 0 Å². The number of rotatable bonds is 34. The second-order valence-electron chi connectivity index (χ2n) is 13.5. The molecule has 3 atom stereocenters. The summed E-state index contributed by atoms with van der Waals surface area (Å²) in [6.45, 7) is 6.73. The van der Waals surface area contributed by atoms with Gasteiger partial charge in [-0.25, -0.2) is 0 Å². The van der Waals surface area contributed by atoms with E-state index < -0.39 is 23.8 Å². The number of hydrogen-bond acceptors (Lipinski definition) is 2. The molecule has 2 N–H and O–H groups in total. The average molecular weight is 595 g/mol. The fraction of sp³-hybridized carbons (Fsp3) is 0.947. The first kappa shape index (κ1) is 40.9. The number of unbranched alkanes of at least 4 members (excludes halogenated alkanes) is 23. The third-order valence-electron chi connectivity index (χ3n) is 9.53. The van der Waals surface area contributed by atoms with Gasteiger partial charge in [0.25, 0.3) is 0 Å². The molecule has 0 aromatic carbocycles. The Hall–Kier alpha value is -1.06. The van der Waals surface area contributed by atoms with Crippen LogP contribution in [0.4, 0.5) is 0 Å². The molecule has 250 valence electrons. The lowest BCUT2D eigenvalue weighted by Gasteiger charge is -2.27. The van der Waals surface area contributed by atoms with Gasteiger partial charge in [-0.05, 0) is 31.6 Å². The van der Waals surface area contributed by atoms with E-state index in [2.05, 4.69) is 20.8 Å². The first-order valence-corrected chi connectivity index (χ1v) is 18.9. The van der Waals surface area contributed by atoms with Gasteiger partial charge in [0.15, 0.2) is 0 Å². The summed E-state index contributed by atoms with van der Waals surface area (Å²) in [7, 11) is 0. The summed E-state index contributed by atoms with van der Waals surface area (Å²) < 4.78 is 0. The van der Waals surface area contributed by atoms with Gasteiger partial charge in [-0.3, -0.25) is 9.59 Å². The molecule has 0 spiro atoms. The molecule has 0 fully saturated rings. The maximum atomic E-state index is 12.5. The largest absolute Gasteiger partial charge is 0.481 e. The number of carboxylic acids is 2. The van der Waals surface area contributed by atoms with Crippen LogP contribution in [0.3, 0.4) is 0 Å². The zero-order valence-corrected chi connectivity index (χ0v) is 28.7. The number of hydrogen-bond donors (Lipinski definition) is 2. The molecular weight excluding hydrogens is 520 g/mol. The predicted molar refractivity (Wildman–Crippen MR) is 181 cm³/mol. The fourth-order valence-corrected chi connectivity index (χ4v) is 6.67. The topological polar surface area (TPSA) is 74.6 Å². The molecule has 0 aromatic rings. The predicted octanol–water partition coefficient (Wildman–Crippen LogP) is 12.8. The molecule has 42 heavy (non-hydrogen) atoms. The van der Waals surface area contributed by atoms with Crippen molar-refractivity contribution < 1.29 is 19.8 Å². The Bertz CT molecular complexity index is 590. The van der Waals surface area contributed by atoms with Crippen molar-refractivity contribution in [1.82, 2.24) is 0 Å². The molecular formula is C38H74O4. The molecule has 0 amide bonds. The highest BCUT2D eigenvalue weighted by molar-refractivity contribution is 5.71. The molecule has 3 unspecified atom stereocenters. The van der Waals surface area contributed by atoms with E-state index in [9.17, 15) is 19.8 Å². The Labute approximate surface area is 262 Å². The molecule has 0 heterocycles. The lowest BCUT2D eigenvalue weighted by atomic mass is 9.77. The lowest BCUT2D eigenvalue weighted by molar-refractivity contribution is -0.147. The summed E-state index contributed by atoms with van der Waals surface area (Å²) in [4.78, 5) is 24.7. The minimum atomic E-state index is -0.720. The smallest absolute Gasteiger partial charge is 0.306 e. The Morgan fingerprint density at radius 1 is 0.405 bits per heavy atom. The van der Waals surface area contributed by atoms with Crippen LogP contribution >= 0.6 is 0 Å². The van der Waals surface area contributed by atoms with E-state index in [4.69, 9.17) is 0 Å². The van der Waals surface area contributed by atoms with Crippen molar-refractivity contribution in [2.24, 2.45) is 17.8 Å². The molecule has 0 aliphatic carbocycles. The molecule has 4 heteroatoms. The van der Waals surface area contributed by atoms with Gasteiger partial charge in [0.1, 0.15) is 0 Å². The van der Waals surface area contributed by atoms with Crippen LogP contribution in [-0.4, -0.2) is 22.2 Å². The van der Waals surface area contributed by atoms with Crippen LogP contribution < -0.4 is 0 Å². The van der Waals surface area contributed by atoms with Crippen LogP contribution in [0.25, 0.3) is 0 Å². The van der Waals surface area contributed by atoms with Crippen LogP contribution in [-0.2, 0) is 9.59 Å². The van der Waals surface area contributed by atoms with Crippen molar-refractivity contribution in [3.63, 3.8) is 0 Å². The maximum Gasteiger partial charge on any atom is 0.306 e. The van der Waals surface area contributed by atoms with Gasteiger partial charge in [0, 0.05) is 0 Å². The first-order valence-electron chi connectivity index (χ1n) is 18.9. The first-order chi connectivity index (χ1) is 20.5. The number of aliphatic carboxylic acids is 2. The van der Waals surface area contributed by atoms with Crippen LogP contribution in [0, 0.1) is 17.8 Å². The normalized spacial score (nSPS) is 13.7. The summed E-state index contributed by atoms with van der Waals surface area (Å²) in [5.41, 5.74) is 0. The molecule has 0 aliphatic heterocycles. The maximum absolute atomic E-state index is 12.5. The monoisotopic (exact) mass is 595 g/mol. The fourth-order valence-electron chi connectivity index (χ4n) is 6.67. The van der Waals surface area contributed by atoms with Crippen molar-refractivity contribution in [3.05, 3.63) is 0 Å². The molecule has 0 saturated heterocycles. The summed E-state index contributed by atoms with van der Waals surface area (Å²) in [5, 5.41) is 20.3. The van der Waals surface area contributed by atoms with E-state index in [-0.39, 0.29) is 5.92 Å². The van der Waals surface area contributed by atoms with E-state index in [1.54, 1.807) is 0 Å². The second kappa shape index (κ2) is 31.4. The van der Waals surface area contributed by atoms with Gasteiger partial charge in [-0.15, -0.1) is 0 Å². The highest BCUT2D eigenvalue weighted by Crippen LogP contribution is 2.33. The zero-order valence-electron chi connectivity index (χ0n) is 28.7. The Balaban J connectivity index is 4.83. The summed E-state index contributed by atoms with van der Waals surface area (Å²) >= 11 is 0. The van der Waals surface area contributed by atoms with Gasteiger partial charge in [0.2, 0.25) is 0 Å².